The monoisotopic (exact) mass is 333 g/mol. The van der Waals surface area contributed by atoms with E-state index < -0.39 is 0 Å². The first-order chi connectivity index (χ1) is 9.69. The van der Waals surface area contributed by atoms with E-state index in [-0.39, 0.29) is 0 Å². The van der Waals surface area contributed by atoms with E-state index in [2.05, 4.69) is 46.4 Å². The molecule has 0 radical (unpaired) electrons. The van der Waals surface area contributed by atoms with Crippen molar-refractivity contribution in [2.45, 2.75) is 51.6 Å². The van der Waals surface area contributed by atoms with Gasteiger partial charge in [-0.05, 0) is 79.9 Å². The number of nitrogens with one attached hydrogen (secondary N) is 1. The Morgan fingerprint density at radius 1 is 1.05 bits per heavy atom. The van der Waals surface area contributed by atoms with Crippen molar-refractivity contribution in [2.24, 2.45) is 23.7 Å². The number of rotatable bonds is 3. The van der Waals surface area contributed by atoms with Crippen LogP contribution < -0.4 is 5.32 Å². The van der Waals surface area contributed by atoms with Crippen molar-refractivity contribution in [3.8, 4) is 0 Å². The maximum Gasteiger partial charge on any atom is 0.0222 e. The van der Waals surface area contributed by atoms with E-state index in [1.165, 1.54) is 41.3 Å². The van der Waals surface area contributed by atoms with Crippen molar-refractivity contribution in [3.63, 3.8) is 0 Å². The number of benzene rings is 1. The van der Waals surface area contributed by atoms with Crippen molar-refractivity contribution >= 4 is 15.9 Å². The highest BCUT2D eigenvalue weighted by Crippen LogP contribution is 2.53. The standard InChI is InChI=1S/C18H24BrN/c1-11-2-3-14(17(19)4-11)10-20-18-15-6-12-5-13(8-15)9-16(18)7-12/h2-4,12-13,15-16,18,20H,5-10H2,1H3. The summed E-state index contributed by atoms with van der Waals surface area (Å²) in [6, 6.07) is 7.51. The molecule has 1 N–H and O–H groups in total. The lowest BCUT2D eigenvalue weighted by Gasteiger charge is -2.54. The van der Waals surface area contributed by atoms with E-state index in [4.69, 9.17) is 0 Å². The highest BCUT2D eigenvalue weighted by Gasteiger charge is 2.47. The minimum atomic E-state index is 0.788. The van der Waals surface area contributed by atoms with Gasteiger partial charge in [-0.1, -0.05) is 28.1 Å². The Bertz CT molecular complexity index is 482. The lowest BCUT2D eigenvalue weighted by Crippen LogP contribution is -2.54. The van der Waals surface area contributed by atoms with E-state index in [1.807, 2.05) is 0 Å². The third-order valence-electron chi connectivity index (χ3n) is 5.96. The van der Waals surface area contributed by atoms with Gasteiger partial charge in [0.2, 0.25) is 0 Å². The second kappa shape index (κ2) is 5.14. The van der Waals surface area contributed by atoms with Gasteiger partial charge >= 0.3 is 0 Å². The molecule has 2 heteroatoms. The van der Waals surface area contributed by atoms with Gasteiger partial charge in [0, 0.05) is 17.1 Å². The smallest absolute Gasteiger partial charge is 0.0222 e. The molecule has 4 fully saturated rings. The first-order valence-electron chi connectivity index (χ1n) is 8.17. The SMILES string of the molecule is Cc1ccc(CNC2C3CC4CC(C3)CC2C4)c(Br)c1. The summed E-state index contributed by atoms with van der Waals surface area (Å²) in [7, 11) is 0. The average molecular weight is 334 g/mol. The Balaban J connectivity index is 1.44. The molecule has 0 aliphatic heterocycles. The number of halogens is 1. The molecule has 0 unspecified atom stereocenters. The van der Waals surface area contributed by atoms with Crippen LogP contribution in [0.3, 0.4) is 0 Å². The predicted octanol–water partition coefficient (Wildman–Crippen LogP) is 4.67. The van der Waals surface area contributed by atoms with E-state index in [1.54, 1.807) is 6.42 Å². The Kier molecular flexibility index (Phi) is 3.42. The molecule has 1 nitrogen and oxygen atoms in total. The Morgan fingerprint density at radius 3 is 2.30 bits per heavy atom. The van der Waals surface area contributed by atoms with Gasteiger partial charge in [0.1, 0.15) is 0 Å². The van der Waals surface area contributed by atoms with Crippen LogP contribution >= 0.6 is 15.9 Å². The zero-order valence-electron chi connectivity index (χ0n) is 12.2. The molecule has 0 spiro atoms. The van der Waals surface area contributed by atoms with Gasteiger partial charge in [-0.15, -0.1) is 0 Å². The summed E-state index contributed by atoms with van der Waals surface area (Å²) in [5.41, 5.74) is 2.74. The number of hydrogen-bond donors (Lipinski definition) is 1. The zero-order chi connectivity index (χ0) is 13.7. The molecule has 4 saturated carbocycles. The number of aryl methyl sites for hydroxylation is 1. The molecule has 4 aliphatic carbocycles. The van der Waals surface area contributed by atoms with Crippen molar-refractivity contribution in [1.29, 1.82) is 0 Å². The second-order valence-corrected chi connectivity index (χ2v) is 8.29. The molecule has 20 heavy (non-hydrogen) atoms. The van der Waals surface area contributed by atoms with Crippen LogP contribution in [-0.4, -0.2) is 6.04 Å². The molecule has 5 rings (SSSR count). The molecule has 108 valence electrons. The summed E-state index contributed by atoms with van der Waals surface area (Å²) in [6.45, 7) is 3.17. The topological polar surface area (TPSA) is 12.0 Å². The summed E-state index contributed by atoms with van der Waals surface area (Å²) >= 11 is 3.71. The Morgan fingerprint density at radius 2 is 1.70 bits per heavy atom. The van der Waals surface area contributed by atoms with Crippen LogP contribution in [0.4, 0.5) is 0 Å². The fourth-order valence-corrected chi connectivity index (χ4v) is 5.92. The van der Waals surface area contributed by atoms with Crippen LogP contribution in [0.1, 0.15) is 43.2 Å². The highest BCUT2D eigenvalue weighted by atomic mass is 79.9. The Hall–Kier alpha value is -0.340. The average Bonchev–Trinajstić information content (AvgIpc) is 2.39. The van der Waals surface area contributed by atoms with Crippen LogP contribution in [0.25, 0.3) is 0 Å². The molecule has 0 amide bonds. The second-order valence-electron chi connectivity index (χ2n) is 7.43. The molecule has 0 atom stereocenters. The van der Waals surface area contributed by atoms with E-state index in [9.17, 15) is 0 Å². The third-order valence-corrected chi connectivity index (χ3v) is 6.70. The highest BCUT2D eigenvalue weighted by molar-refractivity contribution is 9.10. The molecular weight excluding hydrogens is 310 g/mol. The first kappa shape index (κ1) is 13.3. The zero-order valence-corrected chi connectivity index (χ0v) is 13.8. The first-order valence-corrected chi connectivity index (χ1v) is 8.96. The lowest BCUT2D eigenvalue weighted by atomic mass is 9.54. The van der Waals surface area contributed by atoms with E-state index in [0.29, 0.717) is 0 Å². The molecule has 1 aromatic rings. The van der Waals surface area contributed by atoms with Gasteiger partial charge in [0.25, 0.3) is 0 Å². The van der Waals surface area contributed by atoms with Crippen molar-refractivity contribution in [3.05, 3.63) is 33.8 Å². The third kappa shape index (κ3) is 2.35. The molecule has 0 saturated heterocycles. The van der Waals surface area contributed by atoms with Crippen LogP contribution in [-0.2, 0) is 6.54 Å². The molecule has 0 aromatic heterocycles. The summed E-state index contributed by atoms with van der Waals surface area (Å²) in [5.74, 6) is 4.08. The minimum Gasteiger partial charge on any atom is -0.309 e. The molecule has 1 aromatic carbocycles. The van der Waals surface area contributed by atoms with Crippen LogP contribution in [0.5, 0.6) is 0 Å². The maximum atomic E-state index is 3.91. The molecular formula is C18H24BrN. The fourth-order valence-electron chi connectivity index (χ4n) is 5.28. The largest absolute Gasteiger partial charge is 0.309 e. The van der Waals surface area contributed by atoms with Crippen molar-refractivity contribution in [2.75, 3.05) is 0 Å². The van der Waals surface area contributed by atoms with Crippen LogP contribution in [0.15, 0.2) is 22.7 Å². The van der Waals surface area contributed by atoms with Crippen molar-refractivity contribution in [1.82, 2.24) is 5.32 Å². The fraction of sp³-hybridized carbons (Fsp3) is 0.667. The van der Waals surface area contributed by atoms with Gasteiger partial charge in [-0.25, -0.2) is 0 Å². The van der Waals surface area contributed by atoms with Crippen LogP contribution in [0, 0.1) is 30.6 Å². The predicted molar refractivity (Wildman–Crippen MR) is 86.6 cm³/mol. The summed E-state index contributed by atoms with van der Waals surface area (Å²) in [6.07, 6.45) is 7.54. The van der Waals surface area contributed by atoms with Crippen LogP contribution in [0.2, 0.25) is 0 Å². The minimum absolute atomic E-state index is 0.788. The van der Waals surface area contributed by atoms with E-state index >= 15 is 0 Å². The van der Waals surface area contributed by atoms with Gasteiger partial charge in [0.05, 0.1) is 0 Å². The van der Waals surface area contributed by atoms with Crippen molar-refractivity contribution < 1.29 is 0 Å². The van der Waals surface area contributed by atoms with E-state index in [0.717, 1.165) is 36.3 Å². The summed E-state index contributed by atoms with van der Waals surface area (Å²) in [4.78, 5) is 0. The van der Waals surface area contributed by atoms with Gasteiger partial charge in [-0.2, -0.15) is 0 Å². The van der Waals surface area contributed by atoms with Gasteiger partial charge < -0.3 is 5.32 Å². The molecule has 4 bridgehead atoms. The summed E-state index contributed by atoms with van der Waals surface area (Å²) in [5, 5.41) is 3.91. The molecule has 0 heterocycles. The van der Waals surface area contributed by atoms with Gasteiger partial charge in [0.15, 0.2) is 0 Å². The lowest BCUT2D eigenvalue weighted by molar-refractivity contribution is -0.0142. The maximum absolute atomic E-state index is 3.91. The number of hydrogen-bond acceptors (Lipinski definition) is 1. The Labute approximate surface area is 130 Å². The summed E-state index contributed by atoms with van der Waals surface area (Å²) < 4.78 is 1.26. The molecule has 4 aliphatic rings. The quantitative estimate of drug-likeness (QED) is 0.847. The van der Waals surface area contributed by atoms with Gasteiger partial charge in [-0.3, -0.25) is 0 Å². The normalized spacial score (nSPS) is 38.4.